The largest absolute Gasteiger partial charge is 0.460 e. The molecule has 3 aromatic heterocycles. The normalized spacial score (nSPS) is 13.6. The van der Waals surface area contributed by atoms with Gasteiger partial charge >= 0.3 is 5.97 Å². The van der Waals surface area contributed by atoms with Gasteiger partial charge in [-0.1, -0.05) is 95.3 Å². The van der Waals surface area contributed by atoms with E-state index in [-0.39, 0.29) is 28.7 Å². The van der Waals surface area contributed by atoms with Gasteiger partial charge in [0, 0.05) is 36.4 Å². The number of benzene rings is 3. The first kappa shape index (κ1) is 41.9. The van der Waals surface area contributed by atoms with E-state index in [2.05, 4.69) is 73.2 Å². The Morgan fingerprint density at radius 1 is 0.912 bits per heavy atom. The third kappa shape index (κ3) is 8.34. The molecule has 0 radical (unpaired) electrons. The third-order valence-corrected chi connectivity index (χ3v) is 16.0. The number of carbonyl (C=O) groups excluding carboxylic acids is 1. The number of hydrogen-bond acceptors (Lipinski definition) is 8. The molecule has 57 heavy (non-hydrogen) atoms. The molecule has 0 saturated carbocycles. The van der Waals surface area contributed by atoms with Gasteiger partial charge in [-0.2, -0.15) is 4.37 Å². The lowest BCUT2D eigenvalue weighted by Gasteiger charge is -2.44. The average Bonchev–Trinajstić information content (AvgIpc) is 3.81. The highest BCUT2D eigenvalue weighted by Crippen LogP contribution is 2.45. The molecule has 13 heteroatoms. The third-order valence-electron chi connectivity index (χ3n) is 10.3. The van der Waals surface area contributed by atoms with E-state index in [9.17, 15) is 13.6 Å². The van der Waals surface area contributed by atoms with Crippen molar-refractivity contribution < 1.29 is 31.9 Å². The van der Waals surface area contributed by atoms with E-state index in [1.165, 1.54) is 0 Å². The maximum atomic E-state index is 16.3. The SMILES string of the molecule is CCOC(=O)c1nsc(-c2ccc3c(c2)c(CC(C)(C)CO[Si](c2ccccc2)(c2ccccc2)C(C)(C)C)c(-c2cccnc2C(C)OC)n3C(F)C(F)F)n1. The van der Waals surface area contributed by atoms with Crippen LogP contribution < -0.4 is 10.4 Å². The number of esters is 1. The number of halogens is 3. The second kappa shape index (κ2) is 17.0. The van der Waals surface area contributed by atoms with Crippen LogP contribution in [0.15, 0.2) is 97.2 Å². The fourth-order valence-corrected chi connectivity index (χ4v) is 13.0. The van der Waals surface area contributed by atoms with Crippen LogP contribution in [0.3, 0.4) is 0 Å². The molecule has 0 aliphatic carbocycles. The monoisotopic (exact) mass is 814 g/mol. The molecule has 0 aliphatic heterocycles. The van der Waals surface area contributed by atoms with E-state index in [0.29, 0.717) is 45.8 Å². The number of alkyl halides is 3. The van der Waals surface area contributed by atoms with Crippen molar-refractivity contribution in [2.24, 2.45) is 5.41 Å². The zero-order valence-electron chi connectivity index (χ0n) is 33.6. The summed E-state index contributed by atoms with van der Waals surface area (Å²) in [5.41, 5.74) is 2.12. The van der Waals surface area contributed by atoms with E-state index >= 15 is 4.39 Å². The molecule has 8 nitrogen and oxygen atoms in total. The van der Waals surface area contributed by atoms with Crippen LogP contribution in [0.5, 0.6) is 0 Å². The molecule has 0 amide bonds. The van der Waals surface area contributed by atoms with Crippen LogP contribution in [-0.2, 0) is 20.3 Å². The lowest BCUT2D eigenvalue weighted by Crippen LogP contribution is -2.67. The standard InChI is InChI=1S/C44H49F3N4O4SSi/c1-9-54-42(52)40-49-41(56-50-40)29-22-23-35-33(25-29)34(37(51(35)39(47)38(45)46)32-21-16-24-48-36(32)28(2)53-8)26-44(6,7)27-55-57(43(3,4)5,30-17-12-10-13-18-30)31-19-14-11-15-20-31/h10-25,28,38-39H,9,26-27H2,1-8H3. The molecule has 0 aliphatic rings. The van der Waals surface area contributed by atoms with Crippen LogP contribution >= 0.6 is 11.5 Å². The van der Waals surface area contributed by atoms with Crippen molar-refractivity contribution in [3.05, 3.63) is 114 Å². The first-order valence-corrected chi connectivity index (χ1v) is 21.6. The number of pyridine rings is 1. The molecule has 6 rings (SSSR count). The summed E-state index contributed by atoms with van der Waals surface area (Å²) in [6.45, 7) is 14.8. The summed E-state index contributed by atoms with van der Waals surface area (Å²) in [6.07, 6.45) is -4.62. The Kier molecular flexibility index (Phi) is 12.5. The van der Waals surface area contributed by atoms with E-state index < -0.39 is 38.5 Å². The average molecular weight is 815 g/mol. The van der Waals surface area contributed by atoms with Gasteiger partial charge in [0.15, 0.2) is 0 Å². The van der Waals surface area contributed by atoms with Crippen LogP contribution in [0.2, 0.25) is 5.04 Å². The highest BCUT2D eigenvalue weighted by Gasteiger charge is 2.51. The van der Waals surface area contributed by atoms with Crippen LogP contribution in [0, 0.1) is 5.41 Å². The number of hydrogen-bond donors (Lipinski definition) is 0. The Balaban J connectivity index is 1.56. The second-order valence-electron chi connectivity index (χ2n) is 15.9. The maximum Gasteiger partial charge on any atom is 0.377 e. The van der Waals surface area contributed by atoms with E-state index in [1.54, 1.807) is 44.5 Å². The minimum absolute atomic E-state index is 0.0767. The lowest BCUT2D eigenvalue weighted by atomic mass is 9.84. The number of nitrogens with zero attached hydrogens (tertiary/aromatic N) is 4. The van der Waals surface area contributed by atoms with Gasteiger partial charge in [0.1, 0.15) is 5.01 Å². The van der Waals surface area contributed by atoms with Crippen molar-refractivity contribution >= 4 is 47.1 Å². The van der Waals surface area contributed by atoms with E-state index in [1.807, 2.05) is 49.4 Å². The first-order chi connectivity index (χ1) is 27.1. The molecule has 0 N–H and O–H groups in total. The predicted molar refractivity (Wildman–Crippen MR) is 223 cm³/mol. The summed E-state index contributed by atoms with van der Waals surface area (Å²) in [5, 5.41) is 2.95. The van der Waals surface area contributed by atoms with Crippen molar-refractivity contribution in [2.45, 2.75) is 78.8 Å². The number of rotatable bonds is 15. The molecule has 6 aromatic rings. The fraction of sp³-hybridized carbons (Fsp3) is 0.364. The van der Waals surface area contributed by atoms with Crippen LogP contribution in [0.25, 0.3) is 32.7 Å². The molecule has 300 valence electrons. The number of carbonyl (C=O) groups is 1. The van der Waals surface area contributed by atoms with Gasteiger partial charge in [0.25, 0.3) is 20.6 Å². The van der Waals surface area contributed by atoms with Crippen LogP contribution in [0.1, 0.15) is 82.7 Å². The number of ether oxygens (including phenoxy) is 2. The van der Waals surface area contributed by atoms with Crippen LogP contribution in [0.4, 0.5) is 13.2 Å². The summed E-state index contributed by atoms with van der Waals surface area (Å²) in [5.74, 6) is -0.724. The van der Waals surface area contributed by atoms with E-state index in [0.717, 1.165) is 26.5 Å². The topological polar surface area (TPSA) is 88.4 Å². The van der Waals surface area contributed by atoms with Crippen molar-refractivity contribution in [1.82, 2.24) is 18.9 Å². The van der Waals surface area contributed by atoms with Crippen molar-refractivity contribution in [1.29, 1.82) is 0 Å². The van der Waals surface area contributed by atoms with Gasteiger partial charge in [0.05, 0.1) is 29.6 Å². The fourth-order valence-electron chi connectivity index (χ4n) is 7.62. The molecule has 0 fully saturated rings. The highest BCUT2D eigenvalue weighted by molar-refractivity contribution is 7.09. The molecule has 2 unspecified atom stereocenters. The molecular formula is C44H49F3N4O4SSi. The lowest BCUT2D eigenvalue weighted by molar-refractivity contribution is 0.0114. The summed E-state index contributed by atoms with van der Waals surface area (Å²) in [6, 6.07) is 29.3. The highest BCUT2D eigenvalue weighted by atomic mass is 32.1. The molecule has 2 atom stereocenters. The zero-order valence-corrected chi connectivity index (χ0v) is 35.4. The molecule has 3 aromatic carbocycles. The summed E-state index contributed by atoms with van der Waals surface area (Å²) in [7, 11) is -1.43. The van der Waals surface area contributed by atoms with Crippen LogP contribution in [-0.4, -0.2) is 59.9 Å². The Hall–Kier alpha value is -4.69. The van der Waals surface area contributed by atoms with Gasteiger partial charge in [-0.05, 0) is 88.5 Å². The van der Waals surface area contributed by atoms with Gasteiger partial charge in [-0.3, -0.25) is 4.98 Å². The number of methoxy groups -OCH3 is 1. The Labute approximate surface area is 337 Å². The molecule has 0 saturated heterocycles. The molecular weight excluding hydrogens is 766 g/mol. The maximum absolute atomic E-state index is 16.3. The summed E-state index contributed by atoms with van der Waals surface area (Å²) >= 11 is 1.02. The van der Waals surface area contributed by atoms with Gasteiger partial charge in [-0.15, -0.1) is 0 Å². The van der Waals surface area contributed by atoms with Crippen molar-refractivity contribution in [3.63, 3.8) is 0 Å². The van der Waals surface area contributed by atoms with E-state index in [4.69, 9.17) is 13.9 Å². The smallest absolute Gasteiger partial charge is 0.377 e. The minimum Gasteiger partial charge on any atom is -0.460 e. The van der Waals surface area contributed by atoms with Gasteiger partial charge in [0.2, 0.25) is 6.30 Å². The Morgan fingerprint density at radius 2 is 1.56 bits per heavy atom. The predicted octanol–water partition coefficient (Wildman–Crippen LogP) is 9.98. The summed E-state index contributed by atoms with van der Waals surface area (Å²) < 4.78 is 69.1. The van der Waals surface area contributed by atoms with Crippen molar-refractivity contribution in [2.75, 3.05) is 20.3 Å². The Morgan fingerprint density at radius 3 is 2.14 bits per heavy atom. The second-order valence-corrected chi connectivity index (χ2v) is 20.9. The zero-order chi connectivity index (χ0) is 41.1. The molecule has 0 bridgehead atoms. The molecule has 0 spiro atoms. The quantitative estimate of drug-likeness (QED) is 0.0754. The minimum atomic E-state index is -3.33. The number of fused-ring (bicyclic) bond motifs is 1. The van der Waals surface area contributed by atoms with Gasteiger partial charge in [-0.25, -0.2) is 22.9 Å². The molecule has 3 heterocycles. The van der Waals surface area contributed by atoms with Crippen molar-refractivity contribution in [3.8, 4) is 21.8 Å². The number of aromatic nitrogens is 4. The summed E-state index contributed by atoms with van der Waals surface area (Å²) in [4.78, 5) is 21.5. The first-order valence-electron chi connectivity index (χ1n) is 19.0. The van der Waals surface area contributed by atoms with Gasteiger partial charge < -0.3 is 18.5 Å². The Bertz CT molecular complexity index is 2270.